The number of rotatable bonds is 19. The standard InChI is InChI=1S/C26H35NO9.Gd.H2O/c1-3-18-4-6-19(7-5-18)10-21(22(13-24(31)32)14-25(33)34)11-20(12-23(29)30)8-9-27(15-17(2)28)16-26(35)36;;/h4-7,21,28H,2-3,8-16H2,1H3,(H,29,30)(H,31,32)(H,33,34)(H,35,36);;1H2/q-2;+3;. The predicted octanol–water partition coefficient (Wildman–Crippen LogP) is 2.39. The molecule has 0 fully saturated rings. The van der Waals surface area contributed by atoms with Gasteiger partial charge in [0.1, 0.15) is 0 Å². The van der Waals surface area contributed by atoms with Crippen LogP contribution in [0.15, 0.2) is 36.6 Å². The summed E-state index contributed by atoms with van der Waals surface area (Å²) in [6.45, 7) is 5.02. The second-order valence-electron chi connectivity index (χ2n) is 8.82. The van der Waals surface area contributed by atoms with E-state index >= 15 is 0 Å². The zero-order valence-corrected chi connectivity index (χ0v) is 23.6. The van der Waals surface area contributed by atoms with Gasteiger partial charge in [0.05, 0.1) is 18.8 Å². The Morgan fingerprint density at radius 3 is 1.76 bits per heavy atom. The number of aliphatic hydroxyl groups is 1. The molecule has 0 aliphatic rings. The summed E-state index contributed by atoms with van der Waals surface area (Å²) in [4.78, 5) is 47.2. The van der Waals surface area contributed by atoms with Crippen molar-refractivity contribution in [3.8, 4) is 0 Å². The number of aliphatic carboxylic acids is 4. The number of hydrogen-bond acceptors (Lipinski definition) is 6. The quantitative estimate of drug-likeness (QED) is 0.107. The summed E-state index contributed by atoms with van der Waals surface area (Å²) in [6.07, 6.45) is 0.224. The molecule has 0 saturated heterocycles. The smallest absolute Gasteiger partial charge is 0.512 e. The molecule has 0 spiro atoms. The fourth-order valence-electron chi connectivity index (χ4n) is 4.10. The first kappa shape index (κ1) is 38.0. The molecular weight excluding hydrogens is 644 g/mol. The average Bonchev–Trinajstić information content (AvgIpc) is 2.75. The van der Waals surface area contributed by atoms with Gasteiger partial charge in [-0.15, -0.1) is 0 Å². The minimum Gasteiger partial charge on any atom is -0.512 e. The van der Waals surface area contributed by atoms with E-state index in [4.69, 9.17) is 5.11 Å². The summed E-state index contributed by atoms with van der Waals surface area (Å²) in [6, 6.07) is 7.66. The Bertz CT molecular complexity index is 874. The molecule has 0 heterocycles. The third-order valence-electron chi connectivity index (χ3n) is 5.73. The first-order valence-corrected chi connectivity index (χ1v) is 11.6. The van der Waals surface area contributed by atoms with Gasteiger partial charge in [-0.3, -0.25) is 30.0 Å². The Kier molecular flexibility index (Phi) is 19.9. The molecule has 0 aliphatic carbocycles. The van der Waals surface area contributed by atoms with Crippen molar-refractivity contribution < 1.29 is 90.1 Å². The molecule has 0 amide bonds. The SMILES string of the molecule is C=C(O)CN(CC[C-](CC(=O)O)CC(Cc1ccc(CC)cc1)[C-](CC(=O)O)CC(=O)O)CC(=O)O.O.[Gd+3]. The molecule has 213 valence electrons. The molecule has 0 aromatic heterocycles. The zero-order chi connectivity index (χ0) is 27.3. The van der Waals surface area contributed by atoms with Crippen molar-refractivity contribution in [2.75, 3.05) is 19.6 Å². The summed E-state index contributed by atoms with van der Waals surface area (Å²) >= 11 is 0. The molecule has 0 bridgehead atoms. The van der Waals surface area contributed by atoms with E-state index in [9.17, 15) is 39.6 Å². The molecule has 11 nitrogen and oxygen atoms in total. The number of aliphatic hydroxyl groups excluding tert-OH is 1. The minimum absolute atomic E-state index is 0. The van der Waals surface area contributed by atoms with Crippen LogP contribution in [0.1, 0.15) is 50.2 Å². The van der Waals surface area contributed by atoms with E-state index in [0.29, 0.717) is 12.3 Å². The summed E-state index contributed by atoms with van der Waals surface area (Å²) in [5, 5.41) is 46.9. The number of benzene rings is 1. The maximum absolute atomic E-state index is 11.6. The van der Waals surface area contributed by atoms with E-state index in [0.717, 1.165) is 17.5 Å². The van der Waals surface area contributed by atoms with Crippen LogP contribution in [-0.4, -0.2) is 79.4 Å². The molecule has 12 heteroatoms. The molecule has 1 unspecified atom stereocenters. The molecule has 1 atom stereocenters. The van der Waals surface area contributed by atoms with Gasteiger partial charge < -0.3 is 36.9 Å². The second kappa shape index (κ2) is 19.9. The van der Waals surface area contributed by atoms with Gasteiger partial charge in [0.15, 0.2) is 0 Å². The Labute approximate surface area is 254 Å². The zero-order valence-electron chi connectivity index (χ0n) is 21.3. The summed E-state index contributed by atoms with van der Waals surface area (Å²) in [5.41, 5.74) is 1.97. The predicted molar refractivity (Wildman–Crippen MR) is 135 cm³/mol. The first-order valence-electron chi connectivity index (χ1n) is 11.6. The van der Waals surface area contributed by atoms with Gasteiger partial charge >= 0.3 is 45.9 Å². The van der Waals surface area contributed by atoms with E-state index < -0.39 is 42.6 Å². The maximum atomic E-state index is 11.6. The average molecular weight is 681 g/mol. The largest absolute Gasteiger partial charge is 3.00 e. The Hall–Kier alpha value is -2.12. The van der Waals surface area contributed by atoms with Crippen LogP contribution in [0.4, 0.5) is 0 Å². The molecular formula is C26H37GdNO10+. The summed E-state index contributed by atoms with van der Waals surface area (Å²) < 4.78 is 0. The number of carboxylic acids is 4. The second-order valence-corrected chi connectivity index (χ2v) is 8.82. The van der Waals surface area contributed by atoms with Crippen LogP contribution in [0, 0.1) is 57.7 Å². The van der Waals surface area contributed by atoms with Crippen LogP contribution in [0.25, 0.3) is 0 Å². The van der Waals surface area contributed by atoms with Crippen LogP contribution >= 0.6 is 0 Å². The molecule has 38 heavy (non-hydrogen) atoms. The fourth-order valence-corrected chi connectivity index (χ4v) is 4.10. The fraction of sp³-hybridized carbons (Fsp3) is 0.462. The van der Waals surface area contributed by atoms with Crippen molar-refractivity contribution in [2.24, 2.45) is 5.92 Å². The number of hydrogen-bond donors (Lipinski definition) is 5. The van der Waals surface area contributed by atoms with Gasteiger partial charge in [0, 0.05) is 0 Å². The van der Waals surface area contributed by atoms with Crippen LogP contribution in [0.2, 0.25) is 0 Å². The molecule has 1 rings (SSSR count). The van der Waals surface area contributed by atoms with Crippen molar-refractivity contribution in [3.63, 3.8) is 0 Å². The van der Waals surface area contributed by atoms with Crippen molar-refractivity contribution >= 4 is 23.9 Å². The monoisotopic (exact) mass is 681 g/mol. The summed E-state index contributed by atoms with van der Waals surface area (Å²) in [5.74, 6) is -4.55. The van der Waals surface area contributed by atoms with Crippen molar-refractivity contribution in [3.05, 3.63) is 59.6 Å². The summed E-state index contributed by atoms with van der Waals surface area (Å²) in [7, 11) is 0. The maximum Gasteiger partial charge on any atom is 3.00 e. The van der Waals surface area contributed by atoms with E-state index in [1.54, 1.807) is 0 Å². The van der Waals surface area contributed by atoms with E-state index in [1.807, 2.05) is 31.2 Å². The number of nitrogens with zero attached hydrogens (tertiary/aromatic N) is 1. The molecule has 1 radical (unpaired) electrons. The topological polar surface area (TPSA) is 204 Å². The van der Waals surface area contributed by atoms with Gasteiger partial charge in [0.2, 0.25) is 0 Å². The van der Waals surface area contributed by atoms with Gasteiger partial charge in [-0.2, -0.15) is 12.3 Å². The van der Waals surface area contributed by atoms with Crippen LogP contribution < -0.4 is 0 Å². The number of aryl methyl sites for hydroxylation is 1. The minimum atomic E-state index is -1.17. The molecule has 7 N–H and O–H groups in total. The van der Waals surface area contributed by atoms with Crippen LogP contribution in [0.5, 0.6) is 0 Å². The third kappa shape index (κ3) is 16.7. The molecule has 0 aliphatic heterocycles. The Balaban J connectivity index is 0. The van der Waals surface area contributed by atoms with E-state index in [1.165, 1.54) is 4.90 Å². The van der Waals surface area contributed by atoms with Crippen molar-refractivity contribution in [1.82, 2.24) is 4.90 Å². The number of carboxylic acid groups (broad SMARTS) is 4. The normalized spacial score (nSPS) is 11.5. The molecule has 0 saturated carbocycles. The Morgan fingerprint density at radius 2 is 1.34 bits per heavy atom. The molecule has 1 aromatic rings. The van der Waals surface area contributed by atoms with Crippen molar-refractivity contribution in [1.29, 1.82) is 0 Å². The number of carbonyl (C=O) groups is 4. The van der Waals surface area contributed by atoms with Crippen LogP contribution in [-0.2, 0) is 32.0 Å². The first-order chi connectivity index (χ1) is 16.9. The van der Waals surface area contributed by atoms with Gasteiger partial charge in [-0.25, -0.2) is 6.42 Å². The van der Waals surface area contributed by atoms with E-state index in [-0.39, 0.29) is 96.0 Å². The van der Waals surface area contributed by atoms with Crippen LogP contribution in [0.3, 0.4) is 0 Å². The third-order valence-corrected chi connectivity index (χ3v) is 5.73. The van der Waals surface area contributed by atoms with Gasteiger partial charge in [-0.1, -0.05) is 69.0 Å². The Morgan fingerprint density at radius 1 is 0.842 bits per heavy atom. The van der Waals surface area contributed by atoms with E-state index in [2.05, 4.69) is 6.58 Å². The van der Waals surface area contributed by atoms with Gasteiger partial charge in [0.25, 0.3) is 17.9 Å². The molecule has 1 aromatic carbocycles. The van der Waals surface area contributed by atoms with Gasteiger partial charge in [-0.05, 0) is 18.5 Å². The van der Waals surface area contributed by atoms with Crippen molar-refractivity contribution in [2.45, 2.75) is 51.9 Å².